The van der Waals surface area contributed by atoms with Crippen molar-refractivity contribution in [3.8, 4) is 5.75 Å². The van der Waals surface area contributed by atoms with Gasteiger partial charge in [0.2, 0.25) is 0 Å². The van der Waals surface area contributed by atoms with Crippen LogP contribution in [0, 0.1) is 0 Å². The molecule has 1 aliphatic heterocycles. The van der Waals surface area contributed by atoms with Gasteiger partial charge >= 0.3 is 0 Å². The second-order valence-electron chi connectivity index (χ2n) is 4.85. The molecule has 2 nitrogen and oxygen atoms in total. The molecule has 0 radical (unpaired) electrons. The third-order valence-electron chi connectivity index (χ3n) is 3.58. The highest BCUT2D eigenvalue weighted by molar-refractivity contribution is 9.10. The molecule has 0 saturated heterocycles. The molecule has 3 rings (SSSR count). The first-order chi connectivity index (χ1) is 9.69. The number of hydrogen-bond acceptors (Lipinski definition) is 2. The van der Waals surface area contributed by atoms with E-state index < -0.39 is 0 Å². The molecule has 0 aromatic heterocycles. The van der Waals surface area contributed by atoms with E-state index in [1.54, 1.807) is 0 Å². The summed E-state index contributed by atoms with van der Waals surface area (Å²) in [5.74, 6) is 1.02. The number of fused-ring (bicyclic) bond motifs is 1. The minimum atomic E-state index is 0.0941. The van der Waals surface area contributed by atoms with Gasteiger partial charge in [-0.15, -0.1) is 0 Å². The van der Waals surface area contributed by atoms with Crippen LogP contribution in [0.4, 0.5) is 0 Å². The summed E-state index contributed by atoms with van der Waals surface area (Å²) in [6.07, 6.45) is 0.971. The van der Waals surface area contributed by atoms with Crippen molar-refractivity contribution in [1.29, 1.82) is 0 Å². The maximum absolute atomic E-state index is 5.97. The van der Waals surface area contributed by atoms with Gasteiger partial charge in [0.25, 0.3) is 0 Å². The Morgan fingerprint density at radius 1 is 1.25 bits per heavy atom. The minimum Gasteiger partial charge on any atom is -0.493 e. The van der Waals surface area contributed by atoms with Gasteiger partial charge in [0.15, 0.2) is 0 Å². The van der Waals surface area contributed by atoms with Crippen LogP contribution < -0.4 is 10.1 Å². The van der Waals surface area contributed by atoms with Crippen LogP contribution in [0.25, 0.3) is 0 Å². The Bertz CT molecular complexity index is 627. The summed E-state index contributed by atoms with van der Waals surface area (Å²) >= 11 is 9.56. The van der Waals surface area contributed by atoms with Gasteiger partial charge in [0.05, 0.1) is 12.6 Å². The van der Waals surface area contributed by atoms with Gasteiger partial charge in [-0.05, 0) is 42.4 Å². The van der Waals surface area contributed by atoms with Gasteiger partial charge in [-0.3, -0.25) is 0 Å². The van der Waals surface area contributed by atoms with Gasteiger partial charge in [0.1, 0.15) is 5.75 Å². The van der Waals surface area contributed by atoms with Gasteiger partial charge < -0.3 is 10.1 Å². The minimum absolute atomic E-state index is 0.0941. The highest BCUT2D eigenvalue weighted by Gasteiger charge is 2.23. The van der Waals surface area contributed by atoms with Crippen LogP contribution in [-0.2, 0) is 6.42 Å². The van der Waals surface area contributed by atoms with Crippen molar-refractivity contribution in [3.63, 3.8) is 0 Å². The lowest BCUT2D eigenvalue weighted by molar-refractivity contribution is 0.351. The van der Waals surface area contributed by atoms with E-state index >= 15 is 0 Å². The normalized spacial score (nSPS) is 14.8. The summed E-state index contributed by atoms with van der Waals surface area (Å²) in [5, 5.41) is 4.12. The fraction of sp³-hybridized carbons (Fsp3) is 0.250. The molecule has 0 saturated carbocycles. The van der Waals surface area contributed by atoms with Gasteiger partial charge in [0, 0.05) is 21.5 Å². The average Bonchev–Trinajstić information content (AvgIpc) is 2.89. The smallest absolute Gasteiger partial charge is 0.127 e. The summed E-state index contributed by atoms with van der Waals surface area (Å²) in [6.45, 7) is 0.760. The third-order valence-corrected chi connectivity index (χ3v) is 4.29. The maximum atomic E-state index is 5.97. The van der Waals surface area contributed by atoms with E-state index in [0.717, 1.165) is 33.8 Å². The molecule has 1 heterocycles. The standard InChI is InChI=1S/C16H15BrClNO/c1-19-15(10-2-4-13(18)5-3-10)14-9-12(17)8-11-6-7-20-16(11)14/h2-5,8-9,15,19H,6-7H2,1H3. The average molecular weight is 353 g/mol. The van der Waals surface area contributed by atoms with Crippen LogP contribution in [0.2, 0.25) is 5.02 Å². The highest BCUT2D eigenvalue weighted by Crippen LogP contribution is 2.38. The first-order valence-electron chi connectivity index (χ1n) is 6.57. The third kappa shape index (κ3) is 2.58. The Kier molecular flexibility index (Phi) is 4.01. The van der Waals surface area contributed by atoms with Crippen LogP contribution in [0.1, 0.15) is 22.7 Å². The number of rotatable bonds is 3. The van der Waals surface area contributed by atoms with E-state index in [0.29, 0.717) is 0 Å². The number of ether oxygens (including phenoxy) is 1. The van der Waals surface area contributed by atoms with Crippen molar-refractivity contribution >= 4 is 27.5 Å². The predicted octanol–water partition coefficient (Wildman–Crippen LogP) is 4.35. The molecule has 1 aliphatic rings. The molecule has 20 heavy (non-hydrogen) atoms. The lowest BCUT2D eigenvalue weighted by Crippen LogP contribution is -2.18. The van der Waals surface area contributed by atoms with Crippen LogP contribution >= 0.6 is 27.5 Å². The Morgan fingerprint density at radius 3 is 2.70 bits per heavy atom. The molecule has 2 aromatic rings. The Balaban J connectivity index is 2.08. The van der Waals surface area contributed by atoms with Gasteiger partial charge in [-0.1, -0.05) is 39.7 Å². The van der Waals surface area contributed by atoms with E-state index in [2.05, 4.69) is 33.4 Å². The van der Waals surface area contributed by atoms with Crippen LogP contribution in [0.3, 0.4) is 0 Å². The van der Waals surface area contributed by atoms with Crippen molar-refractivity contribution in [2.24, 2.45) is 0 Å². The lowest BCUT2D eigenvalue weighted by Gasteiger charge is -2.20. The summed E-state index contributed by atoms with van der Waals surface area (Å²) in [5.41, 5.74) is 3.60. The molecule has 0 bridgehead atoms. The maximum Gasteiger partial charge on any atom is 0.127 e. The molecule has 0 amide bonds. The van der Waals surface area contributed by atoms with E-state index in [9.17, 15) is 0 Å². The van der Waals surface area contributed by atoms with E-state index in [4.69, 9.17) is 16.3 Å². The predicted molar refractivity (Wildman–Crippen MR) is 85.7 cm³/mol. The Morgan fingerprint density at radius 2 is 2.00 bits per heavy atom. The molecule has 4 heteroatoms. The van der Waals surface area contributed by atoms with E-state index in [1.807, 2.05) is 31.3 Å². The second kappa shape index (κ2) is 5.76. The van der Waals surface area contributed by atoms with E-state index in [-0.39, 0.29) is 6.04 Å². The first-order valence-corrected chi connectivity index (χ1v) is 7.74. The number of hydrogen-bond donors (Lipinski definition) is 1. The summed E-state index contributed by atoms with van der Waals surface area (Å²) in [6, 6.07) is 12.3. The largest absolute Gasteiger partial charge is 0.493 e. The fourth-order valence-electron chi connectivity index (χ4n) is 2.67. The second-order valence-corrected chi connectivity index (χ2v) is 6.21. The summed E-state index contributed by atoms with van der Waals surface area (Å²) < 4.78 is 6.91. The molecule has 0 spiro atoms. The number of benzene rings is 2. The van der Waals surface area contributed by atoms with Crippen molar-refractivity contribution in [3.05, 3.63) is 62.6 Å². The molecule has 0 fully saturated rings. The monoisotopic (exact) mass is 351 g/mol. The van der Waals surface area contributed by atoms with Crippen LogP contribution in [0.15, 0.2) is 40.9 Å². The van der Waals surface area contributed by atoms with Crippen molar-refractivity contribution in [2.45, 2.75) is 12.5 Å². The summed E-state index contributed by atoms with van der Waals surface area (Å²) in [4.78, 5) is 0. The number of nitrogens with one attached hydrogen (secondary N) is 1. The molecule has 2 aromatic carbocycles. The van der Waals surface area contributed by atoms with Crippen LogP contribution in [-0.4, -0.2) is 13.7 Å². The molecule has 0 aliphatic carbocycles. The topological polar surface area (TPSA) is 21.3 Å². The molecular formula is C16H15BrClNO. The molecule has 1 unspecified atom stereocenters. The van der Waals surface area contributed by atoms with E-state index in [1.165, 1.54) is 11.1 Å². The van der Waals surface area contributed by atoms with Gasteiger partial charge in [-0.2, -0.15) is 0 Å². The SMILES string of the molecule is CNC(c1ccc(Cl)cc1)c1cc(Br)cc2c1OCC2. The Labute approximate surface area is 132 Å². The zero-order valence-corrected chi connectivity index (χ0v) is 13.5. The van der Waals surface area contributed by atoms with Crippen molar-refractivity contribution in [1.82, 2.24) is 5.32 Å². The quantitative estimate of drug-likeness (QED) is 0.887. The number of halogens is 2. The fourth-order valence-corrected chi connectivity index (χ4v) is 3.32. The molecule has 1 atom stereocenters. The van der Waals surface area contributed by atoms with Gasteiger partial charge in [-0.25, -0.2) is 0 Å². The van der Waals surface area contributed by atoms with Crippen LogP contribution in [0.5, 0.6) is 5.75 Å². The van der Waals surface area contributed by atoms with Crippen molar-refractivity contribution < 1.29 is 4.74 Å². The molecule has 1 N–H and O–H groups in total. The lowest BCUT2D eigenvalue weighted by atomic mass is 9.96. The highest BCUT2D eigenvalue weighted by atomic mass is 79.9. The zero-order chi connectivity index (χ0) is 14.1. The zero-order valence-electron chi connectivity index (χ0n) is 11.1. The Hall–Kier alpha value is -1.03. The molecular weight excluding hydrogens is 338 g/mol. The summed E-state index contributed by atoms with van der Waals surface area (Å²) in [7, 11) is 1.96. The first kappa shape index (κ1) is 13.9. The molecule has 104 valence electrons. The van der Waals surface area contributed by atoms with Crippen molar-refractivity contribution in [2.75, 3.05) is 13.7 Å².